The number of urea groups is 1. The lowest BCUT2D eigenvalue weighted by Gasteiger charge is -2.42. The number of benzene rings is 2. The smallest absolute Gasteiger partial charge is 0.319 e. The van der Waals surface area contributed by atoms with Crippen LogP contribution in [0.4, 0.5) is 10.5 Å². The van der Waals surface area contributed by atoms with Crippen LogP contribution in [0.3, 0.4) is 0 Å². The molecular formula is C29H32N4O3. The molecule has 3 aromatic rings. The zero-order valence-electron chi connectivity index (χ0n) is 20.6. The Balaban J connectivity index is 1.13. The highest BCUT2D eigenvalue weighted by atomic mass is 16.5. The van der Waals surface area contributed by atoms with Gasteiger partial charge in [-0.05, 0) is 68.4 Å². The molecule has 2 amide bonds. The fourth-order valence-electron chi connectivity index (χ4n) is 6.69. The minimum Gasteiger partial charge on any atom is -0.497 e. The number of Topliss-reactive ketones (excluding diaryl/α,β-unsaturated/α-hetero) is 1. The number of imidazole rings is 1. The maximum atomic E-state index is 13.9. The number of anilines is 1. The van der Waals surface area contributed by atoms with Gasteiger partial charge in [-0.15, -0.1) is 0 Å². The summed E-state index contributed by atoms with van der Waals surface area (Å²) in [6, 6.07) is 15.5. The first-order valence-corrected chi connectivity index (χ1v) is 12.9. The maximum absolute atomic E-state index is 13.9. The molecule has 2 aromatic carbocycles. The molecule has 0 radical (unpaired) electrons. The summed E-state index contributed by atoms with van der Waals surface area (Å²) >= 11 is 0. The van der Waals surface area contributed by atoms with Gasteiger partial charge in [0.15, 0.2) is 0 Å². The Kier molecular flexibility index (Phi) is 5.58. The number of carbonyl (C=O) groups excluding carboxylic acids is 2. The number of hydrogen-bond donors (Lipinski definition) is 2. The molecule has 7 heteroatoms. The largest absolute Gasteiger partial charge is 0.497 e. The van der Waals surface area contributed by atoms with E-state index < -0.39 is 0 Å². The third-order valence-electron chi connectivity index (χ3n) is 8.77. The molecule has 1 aliphatic heterocycles. The number of nitrogens with zero attached hydrogens (tertiary/aromatic N) is 2. The van der Waals surface area contributed by atoms with Gasteiger partial charge in [0.1, 0.15) is 11.5 Å². The van der Waals surface area contributed by atoms with E-state index in [0.717, 1.165) is 62.1 Å². The summed E-state index contributed by atoms with van der Waals surface area (Å²) in [5, 5.41) is 6.24. The molecule has 3 saturated carbocycles. The van der Waals surface area contributed by atoms with Crippen LogP contribution in [0.5, 0.6) is 5.75 Å². The second-order valence-electron chi connectivity index (χ2n) is 10.6. The average molecular weight is 485 g/mol. The van der Waals surface area contributed by atoms with Crippen LogP contribution in [-0.4, -0.2) is 34.0 Å². The molecule has 2 N–H and O–H groups in total. The van der Waals surface area contributed by atoms with Crippen molar-refractivity contribution in [2.75, 3.05) is 12.4 Å². The zero-order valence-corrected chi connectivity index (χ0v) is 20.6. The lowest BCUT2D eigenvalue weighted by atomic mass is 9.65. The van der Waals surface area contributed by atoms with Gasteiger partial charge in [0, 0.05) is 28.6 Å². The van der Waals surface area contributed by atoms with Crippen LogP contribution in [0.2, 0.25) is 0 Å². The highest BCUT2D eigenvalue weighted by Crippen LogP contribution is 2.52. The van der Waals surface area contributed by atoms with Crippen LogP contribution in [0.15, 0.2) is 61.1 Å². The van der Waals surface area contributed by atoms with Crippen molar-refractivity contribution in [2.45, 2.75) is 62.9 Å². The third-order valence-corrected chi connectivity index (χ3v) is 8.77. The van der Waals surface area contributed by atoms with Crippen molar-refractivity contribution in [2.24, 2.45) is 5.41 Å². The quantitative estimate of drug-likeness (QED) is 0.468. The number of carbonyl (C=O) groups is 2. The van der Waals surface area contributed by atoms with E-state index in [1.165, 1.54) is 11.1 Å². The van der Waals surface area contributed by atoms with Crippen LogP contribution in [0.25, 0.3) is 11.3 Å². The van der Waals surface area contributed by atoms with Crippen LogP contribution < -0.4 is 15.4 Å². The molecule has 186 valence electrons. The summed E-state index contributed by atoms with van der Waals surface area (Å²) < 4.78 is 7.35. The Bertz CT molecular complexity index is 1290. The van der Waals surface area contributed by atoms with Gasteiger partial charge >= 0.3 is 6.03 Å². The molecule has 2 heterocycles. The van der Waals surface area contributed by atoms with Gasteiger partial charge in [-0.2, -0.15) is 0 Å². The lowest BCUT2D eigenvalue weighted by Crippen LogP contribution is -2.52. The zero-order chi connectivity index (χ0) is 24.8. The van der Waals surface area contributed by atoms with Crippen molar-refractivity contribution in [3.63, 3.8) is 0 Å². The highest BCUT2D eigenvalue weighted by molar-refractivity contribution is 5.90. The number of ketones is 1. The van der Waals surface area contributed by atoms with E-state index in [-0.39, 0.29) is 23.0 Å². The van der Waals surface area contributed by atoms with Gasteiger partial charge in [-0.1, -0.05) is 30.7 Å². The van der Waals surface area contributed by atoms with E-state index >= 15 is 0 Å². The lowest BCUT2D eigenvalue weighted by molar-refractivity contribution is -0.131. The maximum Gasteiger partial charge on any atom is 0.319 e. The van der Waals surface area contributed by atoms with E-state index in [0.29, 0.717) is 12.2 Å². The van der Waals surface area contributed by atoms with Crippen molar-refractivity contribution in [1.29, 1.82) is 0 Å². The summed E-state index contributed by atoms with van der Waals surface area (Å²) in [7, 11) is 1.62. The number of amides is 2. The summed E-state index contributed by atoms with van der Waals surface area (Å²) in [6.45, 7) is 0. The van der Waals surface area contributed by atoms with Gasteiger partial charge < -0.3 is 19.9 Å². The predicted molar refractivity (Wildman–Crippen MR) is 138 cm³/mol. The third kappa shape index (κ3) is 3.87. The fourth-order valence-corrected chi connectivity index (χ4v) is 6.69. The van der Waals surface area contributed by atoms with Crippen molar-refractivity contribution in [3.8, 4) is 17.0 Å². The van der Waals surface area contributed by atoms with Crippen LogP contribution in [0, 0.1) is 5.41 Å². The van der Waals surface area contributed by atoms with Crippen molar-refractivity contribution >= 4 is 17.5 Å². The molecule has 0 spiro atoms. The van der Waals surface area contributed by atoms with Crippen molar-refractivity contribution in [3.05, 3.63) is 66.6 Å². The molecule has 36 heavy (non-hydrogen) atoms. The SMILES string of the molecule is COc1ccc(NC(=O)NC23CCCC(C(=O)CC4c5ccccc5-c5cncn54)(CC2)CC3)cc1. The molecule has 3 fully saturated rings. The summed E-state index contributed by atoms with van der Waals surface area (Å²) in [5.74, 6) is 1.11. The highest BCUT2D eigenvalue weighted by Gasteiger charge is 2.50. The molecule has 1 atom stereocenters. The predicted octanol–water partition coefficient (Wildman–Crippen LogP) is 5.73. The Morgan fingerprint density at radius 3 is 2.58 bits per heavy atom. The molecule has 7 nitrogen and oxygen atoms in total. The number of aromatic nitrogens is 2. The summed E-state index contributed by atoms with van der Waals surface area (Å²) in [4.78, 5) is 31.1. The van der Waals surface area contributed by atoms with Crippen LogP contribution >= 0.6 is 0 Å². The first-order chi connectivity index (χ1) is 17.5. The topological polar surface area (TPSA) is 85.2 Å². The average Bonchev–Trinajstić information content (AvgIpc) is 3.36. The molecule has 1 aromatic heterocycles. The standard InChI is InChI=1S/C29H32N4O3/c1-36-21-9-7-20(8-10-21)31-27(35)32-29-12-4-11-28(13-15-29,14-16-29)26(34)17-24-22-5-2-3-6-23(22)25-18-30-19-33(24)25/h2-3,5-10,18-19,24H,4,11-17H2,1H3,(H2,31,32,35). The summed E-state index contributed by atoms with van der Waals surface area (Å²) in [5.41, 5.74) is 3.70. The van der Waals surface area contributed by atoms with Gasteiger partial charge in [-0.25, -0.2) is 9.78 Å². The number of ether oxygens (including phenoxy) is 1. The van der Waals surface area contributed by atoms with E-state index in [1.54, 1.807) is 7.11 Å². The fraction of sp³-hybridized carbons (Fsp3) is 0.414. The van der Waals surface area contributed by atoms with Gasteiger partial charge in [0.05, 0.1) is 31.4 Å². The van der Waals surface area contributed by atoms with Crippen molar-refractivity contribution in [1.82, 2.24) is 14.9 Å². The number of nitrogens with one attached hydrogen (secondary N) is 2. The number of rotatable bonds is 6. The molecule has 7 rings (SSSR count). The summed E-state index contributed by atoms with van der Waals surface area (Å²) in [6.07, 6.45) is 10.4. The van der Waals surface area contributed by atoms with E-state index in [9.17, 15) is 9.59 Å². The molecule has 1 unspecified atom stereocenters. The van der Waals surface area contributed by atoms with Crippen molar-refractivity contribution < 1.29 is 14.3 Å². The van der Waals surface area contributed by atoms with Gasteiger partial charge in [0.2, 0.25) is 0 Å². The van der Waals surface area contributed by atoms with Crippen LogP contribution in [-0.2, 0) is 4.79 Å². The van der Waals surface area contributed by atoms with E-state index in [1.807, 2.05) is 42.9 Å². The minimum atomic E-state index is -0.285. The Hall–Kier alpha value is -3.61. The Morgan fingerprint density at radius 1 is 1.03 bits per heavy atom. The second-order valence-corrected chi connectivity index (χ2v) is 10.6. The molecular weight excluding hydrogens is 452 g/mol. The molecule has 4 aliphatic rings. The first-order valence-electron chi connectivity index (χ1n) is 12.9. The number of hydrogen-bond acceptors (Lipinski definition) is 4. The van der Waals surface area contributed by atoms with E-state index in [4.69, 9.17) is 4.74 Å². The first kappa shape index (κ1) is 22.8. The monoisotopic (exact) mass is 484 g/mol. The number of methoxy groups -OCH3 is 1. The Labute approximate surface area is 211 Å². The molecule has 2 bridgehead atoms. The van der Waals surface area contributed by atoms with E-state index in [2.05, 4.69) is 38.4 Å². The Morgan fingerprint density at radius 2 is 1.81 bits per heavy atom. The minimum absolute atomic E-state index is 0.0175. The number of fused-ring (bicyclic) bond motifs is 7. The molecule has 3 aliphatic carbocycles. The van der Waals surface area contributed by atoms with Gasteiger partial charge in [-0.3, -0.25) is 4.79 Å². The molecule has 0 saturated heterocycles. The normalized spacial score (nSPS) is 26.0. The van der Waals surface area contributed by atoms with Crippen LogP contribution in [0.1, 0.15) is 63.0 Å². The second kappa shape index (κ2) is 8.80. The van der Waals surface area contributed by atoms with Gasteiger partial charge in [0.25, 0.3) is 0 Å².